The number of hydrogen-bond acceptors (Lipinski definition) is 5. The van der Waals surface area contributed by atoms with Crippen LogP contribution >= 0.6 is 0 Å². The van der Waals surface area contributed by atoms with Crippen LogP contribution in [0.1, 0.15) is 26.3 Å². The Morgan fingerprint density at radius 2 is 1.72 bits per heavy atom. The zero-order valence-electron chi connectivity index (χ0n) is 17.4. The van der Waals surface area contributed by atoms with E-state index >= 15 is 0 Å². The van der Waals surface area contributed by atoms with Crippen molar-refractivity contribution in [3.05, 3.63) is 48.0 Å². The maximum atomic E-state index is 12.7. The summed E-state index contributed by atoms with van der Waals surface area (Å²) in [5.41, 5.74) is 2.05. The van der Waals surface area contributed by atoms with Crippen molar-refractivity contribution in [1.82, 2.24) is 4.31 Å². The molecule has 0 bridgehead atoms. The maximum Gasteiger partial charge on any atom is 0.243 e. The molecule has 0 heterocycles. The number of carbonyl (C=O) groups is 1. The molecule has 0 aliphatic heterocycles. The van der Waals surface area contributed by atoms with E-state index in [-0.39, 0.29) is 17.3 Å². The minimum absolute atomic E-state index is 0.00390. The molecular formula is C21H29N3O4S. The fourth-order valence-electron chi connectivity index (χ4n) is 2.89. The summed E-state index contributed by atoms with van der Waals surface area (Å²) in [7, 11) is -3.56. The Kier molecular flexibility index (Phi) is 8.04. The van der Waals surface area contributed by atoms with Crippen molar-refractivity contribution in [3.8, 4) is 5.75 Å². The van der Waals surface area contributed by atoms with E-state index in [1.54, 1.807) is 44.2 Å². The van der Waals surface area contributed by atoms with Crippen LogP contribution in [-0.4, -0.2) is 44.9 Å². The lowest BCUT2D eigenvalue weighted by Crippen LogP contribution is -2.30. The number of para-hydroxylation sites is 2. The van der Waals surface area contributed by atoms with Crippen LogP contribution in [0.5, 0.6) is 5.75 Å². The summed E-state index contributed by atoms with van der Waals surface area (Å²) in [5.74, 6) is 0.348. The van der Waals surface area contributed by atoms with Crippen LogP contribution < -0.4 is 15.4 Å². The summed E-state index contributed by atoms with van der Waals surface area (Å²) in [4.78, 5) is 12.6. The molecule has 8 heteroatoms. The van der Waals surface area contributed by atoms with Gasteiger partial charge in [0.1, 0.15) is 5.75 Å². The van der Waals surface area contributed by atoms with Gasteiger partial charge in [0, 0.05) is 18.8 Å². The molecule has 158 valence electrons. The fraction of sp³-hybridized carbons (Fsp3) is 0.381. The van der Waals surface area contributed by atoms with E-state index in [1.807, 2.05) is 26.0 Å². The minimum Gasteiger partial charge on any atom is -0.492 e. The lowest BCUT2D eigenvalue weighted by Gasteiger charge is -2.19. The van der Waals surface area contributed by atoms with Gasteiger partial charge >= 0.3 is 0 Å². The summed E-state index contributed by atoms with van der Waals surface area (Å²) in [6, 6.07) is 12.1. The van der Waals surface area contributed by atoms with Gasteiger partial charge in [-0.3, -0.25) is 4.79 Å². The number of benzene rings is 2. The Balaban J connectivity index is 2.12. The molecule has 0 aliphatic carbocycles. The summed E-state index contributed by atoms with van der Waals surface area (Å²) in [5, 5.41) is 5.85. The van der Waals surface area contributed by atoms with Crippen LogP contribution in [0.4, 0.5) is 11.4 Å². The Morgan fingerprint density at radius 3 is 2.38 bits per heavy atom. The normalized spacial score (nSPS) is 11.3. The highest BCUT2D eigenvalue weighted by Crippen LogP contribution is 2.25. The molecule has 2 aromatic carbocycles. The number of nitrogens with zero attached hydrogens (tertiary/aromatic N) is 1. The number of sulfonamides is 1. The molecular weight excluding hydrogens is 390 g/mol. The van der Waals surface area contributed by atoms with Gasteiger partial charge in [0.15, 0.2) is 0 Å². The molecule has 0 atom stereocenters. The van der Waals surface area contributed by atoms with Crippen LogP contribution in [0.3, 0.4) is 0 Å². The number of amides is 1. The van der Waals surface area contributed by atoms with Crippen LogP contribution in [0, 0.1) is 6.92 Å². The number of hydrogen-bond donors (Lipinski definition) is 2. The molecule has 2 N–H and O–H groups in total. The molecule has 2 rings (SSSR count). The highest BCUT2D eigenvalue weighted by Gasteiger charge is 2.22. The van der Waals surface area contributed by atoms with Crippen molar-refractivity contribution in [2.24, 2.45) is 0 Å². The van der Waals surface area contributed by atoms with Gasteiger partial charge < -0.3 is 15.4 Å². The maximum absolute atomic E-state index is 12.7. The molecule has 0 spiro atoms. The van der Waals surface area contributed by atoms with Crippen molar-refractivity contribution < 1.29 is 17.9 Å². The first-order valence-corrected chi connectivity index (χ1v) is 11.1. The zero-order valence-corrected chi connectivity index (χ0v) is 18.2. The predicted molar refractivity (Wildman–Crippen MR) is 116 cm³/mol. The average molecular weight is 420 g/mol. The summed E-state index contributed by atoms with van der Waals surface area (Å²) >= 11 is 0. The van der Waals surface area contributed by atoms with E-state index in [9.17, 15) is 13.2 Å². The molecule has 0 saturated carbocycles. The topological polar surface area (TPSA) is 87.7 Å². The van der Waals surface area contributed by atoms with Crippen molar-refractivity contribution in [3.63, 3.8) is 0 Å². The molecule has 0 fully saturated rings. The Labute approximate surface area is 173 Å². The Hall–Kier alpha value is -2.58. The molecule has 7 nitrogen and oxygen atoms in total. The van der Waals surface area contributed by atoms with Crippen LogP contribution in [0.15, 0.2) is 47.4 Å². The lowest BCUT2D eigenvalue weighted by atomic mass is 10.2. The van der Waals surface area contributed by atoms with E-state index in [4.69, 9.17) is 4.74 Å². The lowest BCUT2D eigenvalue weighted by molar-refractivity contribution is -0.114. The van der Waals surface area contributed by atoms with Crippen LogP contribution in [0.25, 0.3) is 0 Å². The van der Waals surface area contributed by atoms with Crippen LogP contribution in [0.2, 0.25) is 0 Å². The second kappa shape index (κ2) is 10.3. The van der Waals surface area contributed by atoms with Gasteiger partial charge in [-0.25, -0.2) is 8.42 Å². The zero-order chi connectivity index (χ0) is 21.4. The smallest absolute Gasteiger partial charge is 0.243 e. The SMILES string of the molecule is CCOc1ccccc1NC(=O)CNc1cc(S(=O)(=O)N(CC)CC)ccc1C. The summed E-state index contributed by atoms with van der Waals surface area (Å²) in [6.45, 7) is 8.64. The standard InChI is InChI=1S/C21H29N3O4S/c1-5-24(6-2)29(26,27)17-13-12-16(4)19(14-17)22-15-21(25)23-18-10-8-9-11-20(18)28-7-3/h8-14,22H,5-7,15H2,1-4H3,(H,23,25). The van der Waals surface area contributed by atoms with Gasteiger partial charge in [-0.15, -0.1) is 0 Å². The third-order valence-corrected chi connectivity index (χ3v) is 6.50. The molecule has 0 aliphatic rings. The first kappa shape index (κ1) is 22.7. The molecule has 2 aromatic rings. The Bertz CT molecular complexity index is 941. The largest absolute Gasteiger partial charge is 0.492 e. The molecule has 1 amide bonds. The monoisotopic (exact) mass is 419 g/mol. The predicted octanol–water partition coefficient (Wildman–Crippen LogP) is 3.47. The quantitative estimate of drug-likeness (QED) is 0.616. The van der Waals surface area contributed by atoms with Gasteiger partial charge in [0.2, 0.25) is 15.9 Å². The first-order chi connectivity index (χ1) is 13.8. The Morgan fingerprint density at radius 1 is 1.03 bits per heavy atom. The third-order valence-electron chi connectivity index (χ3n) is 4.45. The number of nitrogens with one attached hydrogen (secondary N) is 2. The second-order valence-electron chi connectivity index (χ2n) is 6.40. The van der Waals surface area contributed by atoms with Gasteiger partial charge in [0.25, 0.3) is 0 Å². The van der Waals surface area contributed by atoms with Gasteiger partial charge in [0.05, 0.1) is 23.7 Å². The molecule has 0 saturated heterocycles. The van der Waals surface area contributed by atoms with Crippen molar-refractivity contribution in [1.29, 1.82) is 0 Å². The van der Waals surface area contributed by atoms with Crippen molar-refractivity contribution >= 4 is 27.3 Å². The minimum atomic E-state index is -3.56. The summed E-state index contributed by atoms with van der Waals surface area (Å²) < 4.78 is 32.4. The number of anilines is 2. The van der Waals surface area contributed by atoms with E-state index < -0.39 is 10.0 Å². The number of ether oxygens (including phenoxy) is 1. The number of carbonyl (C=O) groups excluding carboxylic acids is 1. The van der Waals surface area contributed by atoms with Gasteiger partial charge in [-0.2, -0.15) is 4.31 Å². The van der Waals surface area contributed by atoms with E-state index in [2.05, 4.69) is 10.6 Å². The highest BCUT2D eigenvalue weighted by atomic mass is 32.2. The van der Waals surface area contributed by atoms with Crippen molar-refractivity contribution in [2.75, 3.05) is 36.9 Å². The molecule has 29 heavy (non-hydrogen) atoms. The molecule has 0 aromatic heterocycles. The van der Waals surface area contributed by atoms with E-state index in [1.165, 1.54) is 4.31 Å². The average Bonchev–Trinajstić information content (AvgIpc) is 2.69. The molecule has 0 radical (unpaired) electrons. The second-order valence-corrected chi connectivity index (χ2v) is 8.33. The van der Waals surface area contributed by atoms with E-state index in [0.717, 1.165) is 5.56 Å². The van der Waals surface area contributed by atoms with Crippen molar-refractivity contribution in [2.45, 2.75) is 32.6 Å². The molecule has 0 unspecified atom stereocenters. The van der Waals surface area contributed by atoms with Gasteiger partial charge in [-0.05, 0) is 43.7 Å². The van der Waals surface area contributed by atoms with Gasteiger partial charge in [-0.1, -0.05) is 32.0 Å². The van der Waals surface area contributed by atoms with Crippen LogP contribution in [-0.2, 0) is 14.8 Å². The first-order valence-electron chi connectivity index (χ1n) is 9.69. The summed E-state index contributed by atoms with van der Waals surface area (Å²) in [6.07, 6.45) is 0. The highest BCUT2D eigenvalue weighted by molar-refractivity contribution is 7.89. The number of rotatable bonds is 10. The number of aryl methyl sites for hydroxylation is 1. The fourth-order valence-corrected chi connectivity index (χ4v) is 4.37. The third kappa shape index (κ3) is 5.71. The van der Waals surface area contributed by atoms with E-state index in [0.29, 0.717) is 36.8 Å².